The van der Waals surface area contributed by atoms with Crippen molar-refractivity contribution in [3.63, 3.8) is 0 Å². The van der Waals surface area contributed by atoms with Crippen molar-refractivity contribution in [3.8, 4) is 5.75 Å². The predicted octanol–water partition coefficient (Wildman–Crippen LogP) is 1.86. The van der Waals surface area contributed by atoms with Crippen molar-refractivity contribution >= 4 is 51.4 Å². The van der Waals surface area contributed by atoms with Crippen LogP contribution in [0, 0.1) is 0 Å². The maximum Gasteiger partial charge on any atom is 0.343 e. The zero-order valence-corrected chi connectivity index (χ0v) is 15.4. The maximum absolute atomic E-state index is 12.1. The Bertz CT molecular complexity index is 956. The van der Waals surface area contributed by atoms with Crippen molar-refractivity contribution in [1.29, 1.82) is 0 Å². The van der Waals surface area contributed by atoms with Crippen LogP contribution in [0.25, 0.3) is 6.08 Å². The highest BCUT2D eigenvalue weighted by molar-refractivity contribution is 8.33. The number of carboxylic acids is 1. The highest BCUT2D eigenvalue weighted by Crippen LogP contribution is 2.30. The average Bonchev–Trinajstić information content (AvgIpc) is 2.89. The summed E-state index contributed by atoms with van der Waals surface area (Å²) in [5, 5.41) is 10.5. The van der Waals surface area contributed by atoms with Crippen molar-refractivity contribution in [3.05, 3.63) is 71.4 Å². The number of carbonyl (C=O) groups excluding carboxylic acids is 3. The van der Waals surface area contributed by atoms with Crippen LogP contribution in [0.3, 0.4) is 0 Å². The Labute approximate surface area is 164 Å². The lowest BCUT2D eigenvalue weighted by atomic mass is 10.1. The van der Waals surface area contributed by atoms with E-state index in [4.69, 9.17) is 17.0 Å². The van der Waals surface area contributed by atoms with Gasteiger partial charge in [-0.25, -0.2) is 4.79 Å². The van der Waals surface area contributed by atoms with Gasteiger partial charge < -0.3 is 19.5 Å². The molecule has 0 aromatic heterocycles. The minimum atomic E-state index is -1.34. The monoisotopic (exact) mass is 398 g/mol. The Morgan fingerprint density at radius 3 is 2.59 bits per heavy atom. The molecule has 136 valence electrons. The van der Waals surface area contributed by atoms with Gasteiger partial charge in [-0.1, -0.05) is 42.5 Å². The molecule has 2 aromatic rings. The van der Waals surface area contributed by atoms with E-state index in [-0.39, 0.29) is 15.1 Å². The molecule has 0 N–H and O–H groups in total. The molecule has 8 heteroatoms. The van der Waals surface area contributed by atoms with Crippen LogP contribution in [-0.4, -0.2) is 32.8 Å². The smallest absolute Gasteiger partial charge is 0.343 e. The molecule has 1 aliphatic rings. The molecule has 0 spiro atoms. The van der Waals surface area contributed by atoms with Crippen LogP contribution in [0.15, 0.2) is 60.3 Å². The number of hydrogen-bond donors (Lipinski definition) is 0. The van der Waals surface area contributed by atoms with Crippen LogP contribution < -0.4 is 9.84 Å². The summed E-state index contributed by atoms with van der Waals surface area (Å²) in [5.74, 6) is -1.55. The minimum Gasteiger partial charge on any atom is -0.548 e. The molecule has 0 amide bonds. The van der Waals surface area contributed by atoms with Crippen molar-refractivity contribution in [2.75, 3.05) is 6.54 Å². The number of esters is 1. The van der Waals surface area contributed by atoms with Crippen LogP contribution in [-0.2, 0) is 9.59 Å². The molecule has 6 nitrogen and oxygen atoms in total. The van der Waals surface area contributed by atoms with E-state index in [0.29, 0.717) is 16.9 Å². The van der Waals surface area contributed by atoms with E-state index < -0.39 is 18.5 Å². The molecular weight excluding hydrogens is 386 g/mol. The summed E-state index contributed by atoms with van der Waals surface area (Å²) in [6.45, 7) is -0.508. The number of nitrogens with zero attached hydrogens (tertiary/aromatic N) is 1. The first-order valence-electron chi connectivity index (χ1n) is 7.76. The number of thiocarbonyl (C=S) groups is 1. The normalized spacial score (nSPS) is 15.3. The topological polar surface area (TPSA) is 86.7 Å². The summed E-state index contributed by atoms with van der Waals surface area (Å²) in [6.07, 6.45) is 1.50. The first-order chi connectivity index (χ1) is 12.9. The van der Waals surface area contributed by atoms with E-state index in [1.165, 1.54) is 11.0 Å². The molecule has 3 rings (SSSR count). The SMILES string of the molecule is O=C([O-])CN1C(=S)SC(=O)C1=Cc1cccc(OC(=O)c2ccccc2)c1. The summed E-state index contributed by atoms with van der Waals surface area (Å²) in [4.78, 5) is 36.3. The van der Waals surface area contributed by atoms with Crippen molar-refractivity contribution in [2.45, 2.75) is 0 Å². The number of rotatable bonds is 5. The third-order valence-electron chi connectivity index (χ3n) is 3.57. The van der Waals surface area contributed by atoms with E-state index in [1.807, 2.05) is 0 Å². The van der Waals surface area contributed by atoms with E-state index in [2.05, 4.69) is 0 Å². The Kier molecular flexibility index (Phi) is 5.68. The highest BCUT2D eigenvalue weighted by atomic mass is 32.2. The average molecular weight is 398 g/mol. The highest BCUT2D eigenvalue weighted by Gasteiger charge is 2.31. The quantitative estimate of drug-likeness (QED) is 0.326. The van der Waals surface area contributed by atoms with Crippen LogP contribution in [0.1, 0.15) is 15.9 Å². The summed E-state index contributed by atoms with van der Waals surface area (Å²) < 4.78 is 5.50. The van der Waals surface area contributed by atoms with E-state index >= 15 is 0 Å². The standard InChI is InChI=1S/C19H13NO5S2/c21-16(22)11-20-15(18(24)27-19(20)26)10-12-5-4-8-14(9-12)25-17(23)13-6-2-1-3-7-13/h1-10H,11H2,(H,21,22)/p-1. The van der Waals surface area contributed by atoms with Crippen molar-refractivity contribution < 1.29 is 24.2 Å². The van der Waals surface area contributed by atoms with Gasteiger partial charge in [0.1, 0.15) is 10.1 Å². The zero-order valence-electron chi connectivity index (χ0n) is 13.8. The lowest BCUT2D eigenvalue weighted by Crippen LogP contribution is -2.37. The van der Waals surface area contributed by atoms with Crippen LogP contribution >= 0.6 is 24.0 Å². The van der Waals surface area contributed by atoms with Crippen LogP contribution in [0.5, 0.6) is 5.75 Å². The summed E-state index contributed by atoms with van der Waals surface area (Å²) >= 11 is 5.82. The van der Waals surface area contributed by atoms with Crippen LogP contribution in [0.2, 0.25) is 0 Å². The molecular formula is C19H12NO5S2-. The van der Waals surface area contributed by atoms with E-state index in [0.717, 1.165) is 11.8 Å². The van der Waals surface area contributed by atoms with Gasteiger partial charge in [0.15, 0.2) is 0 Å². The van der Waals surface area contributed by atoms with Crippen molar-refractivity contribution in [1.82, 2.24) is 4.90 Å². The fraction of sp³-hybridized carbons (Fsp3) is 0.0526. The fourth-order valence-corrected chi connectivity index (χ4v) is 3.47. The number of benzene rings is 2. The van der Waals surface area contributed by atoms with Gasteiger partial charge in [-0.2, -0.15) is 0 Å². The summed E-state index contributed by atoms with van der Waals surface area (Å²) in [6, 6.07) is 15.1. The Morgan fingerprint density at radius 1 is 1.15 bits per heavy atom. The number of carboxylic acid groups (broad SMARTS) is 1. The van der Waals surface area contributed by atoms with E-state index in [1.54, 1.807) is 54.6 Å². The summed E-state index contributed by atoms with van der Waals surface area (Å²) in [5.41, 5.74) is 1.11. The van der Waals surface area contributed by atoms with Gasteiger partial charge >= 0.3 is 5.97 Å². The van der Waals surface area contributed by atoms with Gasteiger partial charge in [0.25, 0.3) is 0 Å². The second-order valence-electron chi connectivity index (χ2n) is 5.47. The molecule has 0 saturated carbocycles. The molecule has 1 heterocycles. The number of carbonyl (C=O) groups is 3. The Morgan fingerprint density at radius 2 is 1.89 bits per heavy atom. The number of ether oxygens (including phenoxy) is 1. The number of hydrogen-bond acceptors (Lipinski definition) is 7. The van der Waals surface area contributed by atoms with Gasteiger partial charge in [-0.3, -0.25) is 4.79 Å². The molecule has 27 heavy (non-hydrogen) atoms. The number of thioether (sulfide) groups is 1. The van der Waals surface area contributed by atoms with Gasteiger partial charge in [-0.05, 0) is 47.7 Å². The fourth-order valence-electron chi connectivity index (χ4n) is 2.38. The van der Waals surface area contributed by atoms with Crippen LogP contribution in [0.4, 0.5) is 0 Å². The third-order valence-corrected chi connectivity index (χ3v) is 4.83. The molecule has 0 aliphatic carbocycles. The third kappa shape index (κ3) is 4.60. The summed E-state index contributed by atoms with van der Waals surface area (Å²) in [7, 11) is 0. The van der Waals surface area contributed by atoms with Gasteiger partial charge in [0, 0.05) is 0 Å². The van der Waals surface area contributed by atoms with Crippen molar-refractivity contribution in [2.24, 2.45) is 0 Å². The van der Waals surface area contributed by atoms with Gasteiger partial charge in [-0.15, -0.1) is 0 Å². The predicted molar refractivity (Wildman–Crippen MR) is 103 cm³/mol. The first-order valence-corrected chi connectivity index (χ1v) is 8.99. The largest absolute Gasteiger partial charge is 0.548 e. The Hall–Kier alpha value is -2.97. The minimum absolute atomic E-state index is 0.140. The molecule has 2 aromatic carbocycles. The molecule has 1 fully saturated rings. The molecule has 0 radical (unpaired) electrons. The molecule has 0 atom stereocenters. The first kappa shape index (κ1) is 18.8. The second-order valence-corrected chi connectivity index (χ2v) is 7.08. The van der Waals surface area contributed by atoms with E-state index in [9.17, 15) is 19.5 Å². The molecule has 1 aliphatic heterocycles. The molecule has 0 bridgehead atoms. The maximum atomic E-state index is 12.1. The van der Waals surface area contributed by atoms with Gasteiger partial charge in [0.2, 0.25) is 5.12 Å². The van der Waals surface area contributed by atoms with Gasteiger partial charge in [0.05, 0.1) is 23.8 Å². The lowest BCUT2D eigenvalue weighted by Gasteiger charge is -2.18. The Balaban J connectivity index is 1.83. The zero-order chi connectivity index (χ0) is 19.4. The lowest BCUT2D eigenvalue weighted by molar-refractivity contribution is -0.305. The number of aliphatic carboxylic acids is 1. The molecule has 1 saturated heterocycles. The second kappa shape index (κ2) is 8.15. The molecule has 0 unspecified atom stereocenters.